The fourth-order valence-electron chi connectivity index (χ4n) is 8.18. The second-order valence-electron chi connectivity index (χ2n) is 12.8. The summed E-state index contributed by atoms with van der Waals surface area (Å²) in [5.41, 5.74) is 9.22. The van der Waals surface area contributed by atoms with Gasteiger partial charge in [-0.05, 0) is 77.2 Å². The standard InChI is InChI=1S/C44H21IN4O2/c45-40-24(22-46)21-25(23-47)41(48-32-13-5-1-11-30(32)38-34(48)19-17-28-26-9-3-7-15-36(26)50-43(28)38)42(40)49-33-14-6-2-12-31(33)39-35(49)20-18-29-27-10-4-8-16-37(27)51-44(29)39/h1-21H. The van der Waals surface area contributed by atoms with E-state index >= 15 is 0 Å². The van der Waals surface area contributed by atoms with Gasteiger partial charge in [0.25, 0.3) is 0 Å². The molecule has 51 heavy (non-hydrogen) atoms. The molecule has 0 N–H and O–H groups in total. The van der Waals surface area contributed by atoms with Crippen LogP contribution in [-0.4, -0.2) is 9.13 Å². The number of hydrogen-bond donors (Lipinski definition) is 0. The van der Waals surface area contributed by atoms with Gasteiger partial charge >= 0.3 is 0 Å². The van der Waals surface area contributed by atoms with E-state index in [0.29, 0.717) is 16.8 Å². The minimum atomic E-state index is 0.394. The summed E-state index contributed by atoms with van der Waals surface area (Å²) < 4.78 is 18.3. The zero-order chi connectivity index (χ0) is 34.0. The number of para-hydroxylation sites is 4. The molecule has 0 amide bonds. The van der Waals surface area contributed by atoms with Crippen molar-refractivity contribution in [1.82, 2.24) is 9.13 Å². The smallest absolute Gasteiger partial charge is 0.145 e. The number of aromatic nitrogens is 2. The zero-order valence-electron chi connectivity index (χ0n) is 26.6. The highest BCUT2D eigenvalue weighted by molar-refractivity contribution is 14.1. The molecule has 4 aromatic heterocycles. The predicted octanol–water partition coefficient (Wildman–Crippen LogP) is 12.0. The Bertz CT molecular complexity index is 3420. The number of nitriles is 2. The molecule has 11 aromatic rings. The van der Waals surface area contributed by atoms with E-state index in [1.54, 1.807) is 6.07 Å². The van der Waals surface area contributed by atoms with Crippen LogP contribution in [0.4, 0.5) is 0 Å². The topological polar surface area (TPSA) is 83.7 Å². The van der Waals surface area contributed by atoms with Gasteiger partial charge in [-0.3, -0.25) is 0 Å². The van der Waals surface area contributed by atoms with Crippen molar-refractivity contribution in [2.75, 3.05) is 0 Å². The molecule has 236 valence electrons. The van der Waals surface area contributed by atoms with Crippen molar-refractivity contribution in [1.29, 1.82) is 10.5 Å². The lowest BCUT2D eigenvalue weighted by atomic mass is 10.1. The van der Waals surface area contributed by atoms with E-state index in [9.17, 15) is 10.5 Å². The lowest BCUT2D eigenvalue weighted by Gasteiger charge is -2.20. The molecule has 0 aliphatic carbocycles. The molecule has 4 heterocycles. The molecule has 0 saturated heterocycles. The summed E-state index contributed by atoms with van der Waals surface area (Å²) in [5, 5.41) is 29.5. The van der Waals surface area contributed by atoms with Crippen LogP contribution in [-0.2, 0) is 0 Å². The average Bonchev–Trinajstić information content (AvgIpc) is 3.92. The van der Waals surface area contributed by atoms with Crippen molar-refractivity contribution in [3.8, 4) is 23.5 Å². The Balaban J connectivity index is 1.36. The van der Waals surface area contributed by atoms with Gasteiger partial charge in [-0.25, -0.2) is 0 Å². The molecule has 7 aromatic carbocycles. The van der Waals surface area contributed by atoms with Gasteiger partial charge in [0.05, 0.1) is 58.9 Å². The highest BCUT2D eigenvalue weighted by Gasteiger charge is 2.28. The normalized spacial score (nSPS) is 12.0. The predicted molar refractivity (Wildman–Crippen MR) is 212 cm³/mol. The number of benzene rings is 7. The van der Waals surface area contributed by atoms with Crippen molar-refractivity contribution >= 4 is 110 Å². The molecule has 0 atom stereocenters. The molecular formula is C44H21IN4O2. The molecule has 0 saturated carbocycles. The second-order valence-corrected chi connectivity index (χ2v) is 13.9. The molecule has 7 heteroatoms. The van der Waals surface area contributed by atoms with Gasteiger partial charge in [0.2, 0.25) is 0 Å². The van der Waals surface area contributed by atoms with Crippen molar-refractivity contribution in [3.05, 3.63) is 142 Å². The number of rotatable bonds is 2. The summed E-state index contributed by atoms with van der Waals surface area (Å²) in [6.07, 6.45) is 0. The first kappa shape index (κ1) is 28.3. The fourth-order valence-corrected chi connectivity index (χ4v) is 8.96. The molecule has 0 aliphatic heterocycles. The third kappa shape index (κ3) is 3.63. The van der Waals surface area contributed by atoms with Gasteiger partial charge in [0, 0.05) is 32.3 Å². The quantitative estimate of drug-likeness (QED) is 0.164. The van der Waals surface area contributed by atoms with Crippen LogP contribution in [0.25, 0.3) is 98.9 Å². The van der Waals surface area contributed by atoms with E-state index < -0.39 is 0 Å². The highest BCUT2D eigenvalue weighted by Crippen LogP contribution is 2.46. The average molecular weight is 765 g/mol. The molecule has 0 aliphatic rings. The number of hydrogen-bond acceptors (Lipinski definition) is 4. The van der Waals surface area contributed by atoms with Crippen molar-refractivity contribution in [2.24, 2.45) is 0 Å². The summed E-state index contributed by atoms with van der Waals surface area (Å²) in [7, 11) is 0. The fraction of sp³-hybridized carbons (Fsp3) is 0. The summed E-state index contributed by atoms with van der Waals surface area (Å²) in [4.78, 5) is 0. The summed E-state index contributed by atoms with van der Waals surface area (Å²) in [6.45, 7) is 0. The number of nitrogens with zero attached hydrogens (tertiary/aromatic N) is 4. The number of fused-ring (bicyclic) bond motifs is 14. The first-order valence-corrected chi connectivity index (χ1v) is 17.6. The van der Waals surface area contributed by atoms with Gasteiger partial charge < -0.3 is 18.0 Å². The number of furan rings is 2. The Morgan fingerprint density at radius 3 is 1.41 bits per heavy atom. The highest BCUT2D eigenvalue weighted by atomic mass is 127. The molecule has 0 spiro atoms. The van der Waals surface area contributed by atoms with Crippen LogP contribution in [0.5, 0.6) is 0 Å². The Morgan fingerprint density at radius 1 is 0.451 bits per heavy atom. The van der Waals surface area contributed by atoms with Gasteiger partial charge in [-0.15, -0.1) is 0 Å². The first-order chi connectivity index (χ1) is 25.2. The van der Waals surface area contributed by atoms with Crippen LogP contribution in [0.2, 0.25) is 0 Å². The third-order valence-electron chi connectivity index (χ3n) is 10.3. The van der Waals surface area contributed by atoms with E-state index in [2.05, 4.69) is 105 Å². The summed E-state index contributed by atoms with van der Waals surface area (Å²) in [5.74, 6) is 0. The van der Waals surface area contributed by atoms with Crippen LogP contribution < -0.4 is 0 Å². The van der Waals surface area contributed by atoms with Crippen LogP contribution in [0, 0.1) is 26.2 Å². The molecule has 0 bridgehead atoms. The maximum absolute atomic E-state index is 10.9. The van der Waals surface area contributed by atoms with Crippen LogP contribution >= 0.6 is 22.6 Å². The van der Waals surface area contributed by atoms with Crippen molar-refractivity contribution in [2.45, 2.75) is 0 Å². The lowest BCUT2D eigenvalue weighted by Crippen LogP contribution is -2.09. The Morgan fingerprint density at radius 2 is 0.902 bits per heavy atom. The summed E-state index contributed by atoms with van der Waals surface area (Å²) >= 11 is 2.28. The van der Waals surface area contributed by atoms with E-state index in [1.807, 2.05) is 60.7 Å². The number of halogens is 1. The largest absolute Gasteiger partial charge is 0.455 e. The molecular weight excluding hydrogens is 743 g/mol. The monoisotopic (exact) mass is 764 g/mol. The van der Waals surface area contributed by atoms with E-state index in [4.69, 9.17) is 8.83 Å². The van der Waals surface area contributed by atoms with E-state index in [0.717, 1.165) is 96.7 Å². The molecule has 0 unspecified atom stereocenters. The minimum absolute atomic E-state index is 0.394. The summed E-state index contributed by atoms with van der Waals surface area (Å²) in [6, 6.07) is 47.8. The van der Waals surface area contributed by atoms with Crippen LogP contribution in [0.3, 0.4) is 0 Å². The zero-order valence-corrected chi connectivity index (χ0v) is 28.8. The van der Waals surface area contributed by atoms with Gasteiger partial charge in [0.15, 0.2) is 0 Å². The van der Waals surface area contributed by atoms with E-state index in [-0.39, 0.29) is 0 Å². The SMILES string of the molecule is N#Cc1cc(C#N)c(-n2c3ccccc3c3c4oc5ccccc5c4ccc32)c(-n2c3ccccc3c3c4oc5ccccc5c4ccc32)c1I. The third-order valence-corrected chi connectivity index (χ3v) is 11.4. The lowest BCUT2D eigenvalue weighted by molar-refractivity contribution is 0.672. The Hall–Kier alpha value is -6.55. The molecule has 6 nitrogen and oxygen atoms in total. The minimum Gasteiger partial charge on any atom is -0.455 e. The van der Waals surface area contributed by atoms with Gasteiger partial charge in [-0.1, -0.05) is 72.8 Å². The Kier molecular flexibility index (Phi) is 5.68. The molecule has 0 fully saturated rings. The van der Waals surface area contributed by atoms with Crippen molar-refractivity contribution in [3.63, 3.8) is 0 Å². The van der Waals surface area contributed by atoms with Crippen LogP contribution in [0.1, 0.15) is 11.1 Å². The Labute approximate surface area is 302 Å². The van der Waals surface area contributed by atoms with Crippen molar-refractivity contribution < 1.29 is 8.83 Å². The van der Waals surface area contributed by atoms with Gasteiger partial charge in [0.1, 0.15) is 34.5 Å². The molecule has 0 radical (unpaired) electrons. The second kappa shape index (κ2) is 10.2. The van der Waals surface area contributed by atoms with Gasteiger partial charge in [-0.2, -0.15) is 10.5 Å². The van der Waals surface area contributed by atoms with E-state index in [1.165, 1.54) is 0 Å². The van der Waals surface area contributed by atoms with Crippen LogP contribution in [0.15, 0.2) is 136 Å². The maximum atomic E-state index is 10.9. The first-order valence-electron chi connectivity index (χ1n) is 16.5. The molecule has 11 rings (SSSR count). The maximum Gasteiger partial charge on any atom is 0.145 e.